The molecule has 1 atom stereocenters. The molecule has 0 bridgehead atoms. The number of amides is 4. The van der Waals surface area contributed by atoms with Gasteiger partial charge in [0, 0.05) is 11.3 Å². The van der Waals surface area contributed by atoms with Crippen molar-refractivity contribution in [2.75, 3.05) is 5.32 Å². The van der Waals surface area contributed by atoms with Gasteiger partial charge in [0.05, 0.1) is 0 Å². The topological polar surface area (TPSA) is 87.3 Å². The molecule has 128 valence electrons. The summed E-state index contributed by atoms with van der Waals surface area (Å²) in [4.78, 5) is 35.1. The van der Waals surface area contributed by atoms with E-state index in [0.717, 1.165) is 0 Å². The minimum atomic E-state index is -0.694. The van der Waals surface area contributed by atoms with Gasteiger partial charge in [-0.05, 0) is 41.3 Å². The van der Waals surface area contributed by atoms with Crippen molar-refractivity contribution in [3.63, 3.8) is 0 Å². The molecule has 4 amide bonds. The molecule has 1 saturated heterocycles. The average Bonchev–Trinajstić information content (AvgIpc) is 2.94. The number of nitrogens with one attached hydrogen (secondary N) is 3. The number of imide groups is 1. The van der Waals surface area contributed by atoms with Crippen LogP contribution in [0.4, 0.5) is 10.5 Å². The molecular formula is C19H19N3O3. The molecule has 0 saturated carbocycles. The summed E-state index contributed by atoms with van der Waals surface area (Å²) < 4.78 is 0. The van der Waals surface area contributed by atoms with Crippen molar-refractivity contribution < 1.29 is 14.4 Å². The predicted octanol–water partition coefficient (Wildman–Crippen LogP) is 2.94. The van der Waals surface area contributed by atoms with Crippen LogP contribution in [0.25, 0.3) is 0 Å². The maximum absolute atomic E-state index is 12.3. The summed E-state index contributed by atoms with van der Waals surface area (Å²) in [6, 6.07) is 13.1. The number of hydrogen-bond acceptors (Lipinski definition) is 3. The maximum atomic E-state index is 12.3. The second kappa shape index (κ2) is 6.76. The lowest BCUT2D eigenvalue weighted by Crippen LogP contribution is -2.22. The Labute approximate surface area is 145 Å². The van der Waals surface area contributed by atoms with Crippen LogP contribution in [0, 0.1) is 0 Å². The van der Waals surface area contributed by atoms with Crippen molar-refractivity contribution in [1.82, 2.24) is 10.6 Å². The first-order chi connectivity index (χ1) is 11.9. The monoisotopic (exact) mass is 337 g/mol. The van der Waals surface area contributed by atoms with Crippen molar-refractivity contribution in [2.45, 2.75) is 25.8 Å². The van der Waals surface area contributed by atoms with Gasteiger partial charge in [0.1, 0.15) is 6.04 Å². The van der Waals surface area contributed by atoms with Gasteiger partial charge in [-0.15, -0.1) is 0 Å². The standard InChI is InChI=1S/C19H19N3O3/c1-11(2)12-3-5-14(6-4-12)17(23)20-15-9-7-13(8-10-15)16-18(24)22-19(25)21-16/h3-11,16H,1-2H3,(H,20,23)(H2,21,22,24,25). The van der Waals surface area contributed by atoms with Crippen molar-refractivity contribution in [1.29, 1.82) is 0 Å². The molecule has 0 spiro atoms. The van der Waals surface area contributed by atoms with E-state index < -0.39 is 12.1 Å². The number of hydrogen-bond donors (Lipinski definition) is 3. The zero-order chi connectivity index (χ0) is 18.0. The summed E-state index contributed by atoms with van der Waals surface area (Å²) in [5, 5.41) is 7.54. The summed E-state index contributed by atoms with van der Waals surface area (Å²) in [5.41, 5.74) is 3.03. The zero-order valence-corrected chi connectivity index (χ0v) is 14.0. The lowest BCUT2D eigenvalue weighted by Gasteiger charge is -2.10. The molecule has 1 aliphatic rings. The third-order valence-electron chi connectivity index (χ3n) is 4.12. The highest BCUT2D eigenvalue weighted by Crippen LogP contribution is 2.20. The van der Waals surface area contributed by atoms with Crippen molar-refractivity contribution in [3.8, 4) is 0 Å². The van der Waals surface area contributed by atoms with Crippen molar-refractivity contribution in [2.24, 2.45) is 0 Å². The minimum absolute atomic E-state index is 0.199. The highest BCUT2D eigenvalue weighted by Gasteiger charge is 2.30. The van der Waals surface area contributed by atoms with Crippen LogP contribution in [0.5, 0.6) is 0 Å². The molecular weight excluding hydrogens is 318 g/mol. The van der Waals surface area contributed by atoms with Crippen LogP contribution in [0.1, 0.15) is 47.3 Å². The van der Waals surface area contributed by atoms with Gasteiger partial charge in [-0.3, -0.25) is 14.9 Å². The first-order valence-electron chi connectivity index (χ1n) is 8.06. The molecule has 1 aliphatic heterocycles. The van der Waals surface area contributed by atoms with Gasteiger partial charge in [0.25, 0.3) is 11.8 Å². The molecule has 1 heterocycles. The second-order valence-electron chi connectivity index (χ2n) is 6.25. The first-order valence-corrected chi connectivity index (χ1v) is 8.06. The summed E-state index contributed by atoms with van der Waals surface area (Å²) in [6.07, 6.45) is 0. The molecule has 2 aromatic rings. The molecule has 3 rings (SSSR count). The smallest absolute Gasteiger partial charge is 0.322 e. The molecule has 1 fully saturated rings. The van der Waals surface area contributed by atoms with Crippen molar-refractivity contribution in [3.05, 3.63) is 65.2 Å². The minimum Gasteiger partial charge on any atom is -0.322 e. The quantitative estimate of drug-likeness (QED) is 0.750. The molecule has 0 aromatic heterocycles. The van der Waals surface area contributed by atoms with E-state index in [0.29, 0.717) is 22.7 Å². The molecule has 6 heteroatoms. The number of carbonyl (C=O) groups is 3. The highest BCUT2D eigenvalue weighted by atomic mass is 16.2. The summed E-state index contributed by atoms with van der Waals surface area (Å²) in [5.74, 6) is -0.167. The Morgan fingerprint density at radius 3 is 2.16 bits per heavy atom. The van der Waals surface area contributed by atoms with E-state index in [9.17, 15) is 14.4 Å². The third kappa shape index (κ3) is 3.68. The second-order valence-corrected chi connectivity index (χ2v) is 6.25. The molecule has 6 nitrogen and oxygen atoms in total. The molecule has 3 N–H and O–H groups in total. The van der Waals surface area contributed by atoms with E-state index in [1.54, 1.807) is 36.4 Å². The van der Waals surface area contributed by atoms with E-state index in [1.807, 2.05) is 12.1 Å². The van der Waals surface area contributed by atoms with E-state index in [-0.39, 0.29) is 11.8 Å². The van der Waals surface area contributed by atoms with Gasteiger partial charge in [0.2, 0.25) is 0 Å². The summed E-state index contributed by atoms with van der Waals surface area (Å²) >= 11 is 0. The van der Waals surface area contributed by atoms with Crippen LogP contribution in [-0.2, 0) is 4.79 Å². The van der Waals surface area contributed by atoms with Gasteiger partial charge < -0.3 is 10.6 Å². The van der Waals surface area contributed by atoms with Crippen LogP contribution in [-0.4, -0.2) is 17.8 Å². The van der Waals surface area contributed by atoms with Gasteiger partial charge in [0.15, 0.2) is 0 Å². The van der Waals surface area contributed by atoms with E-state index in [1.165, 1.54) is 5.56 Å². The molecule has 25 heavy (non-hydrogen) atoms. The molecule has 2 aromatic carbocycles. The molecule has 0 aliphatic carbocycles. The SMILES string of the molecule is CC(C)c1ccc(C(=O)Nc2ccc(C3NC(=O)NC3=O)cc2)cc1. The molecule has 1 unspecified atom stereocenters. The van der Waals surface area contributed by atoms with E-state index in [2.05, 4.69) is 29.8 Å². The first kappa shape index (κ1) is 16.7. The largest absolute Gasteiger partial charge is 0.322 e. The Balaban J connectivity index is 1.67. The van der Waals surface area contributed by atoms with Gasteiger partial charge in [-0.2, -0.15) is 0 Å². The lowest BCUT2D eigenvalue weighted by atomic mass is 10.0. The Morgan fingerprint density at radius 2 is 1.64 bits per heavy atom. The normalized spacial score (nSPS) is 16.5. The number of carbonyl (C=O) groups excluding carboxylic acids is 3. The van der Waals surface area contributed by atoms with Crippen LogP contribution < -0.4 is 16.0 Å². The Hall–Kier alpha value is -3.15. The number of rotatable bonds is 4. The Morgan fingerprint density at radius 1 is 1.00 bits per heavy atom. The maximum Gasteiger partial charge on any atom is 0.322 e. The van der Waals surface area contributed by atoms with E-state index >= 15 is 0 Å². The summed E-state index contributed by atoms with van der Waals surface area (Å²) in [6.45, 7) is 4.20. The number of urea groups is 1. The fraction of sp³-hybridized carbons (Fsp3) is 0.211. The third-order valence-corrected chi connectivity index (χ3v) is 4.12. The molecule has 0 radical (unpaired) electrons. The lowest BCUT2D eigenvalue weighted by molar-refractivity contribution is -0.120. The number of benzene rings is 2. The highest BCUT2D eigenvalue weighted by molar-refractivity contribution is 6.05. The van der Waals surface area contributed by atoms with Crippen LogP contribution in [0.2, 0.25) is 0 Å². The summed E-state index contributed by atoms with van der Waals surface area (Å²) in [7, 11) is 0. The van der Waals surface area contributed by atoms with Crippen LogP contribution in [0.15, 0.2) is 48.5 Å². The van der Waals surface area contributed by atoms with Crippen LogP contribution >= 0.6 is 0 Å². The van der Waals surface area contributed by atoms with E-state index in [4.69, 9.17) is 0 Å². The van der Waals surface area contributed by atoms with Crippen molar-refractivity contribution >= 4 is 23.5 Å². The Kier molecular flexibility index (Phi) is 4.52. The predicted molar refractivity (Wildman–Crippen MR) is 94.3 cm³/mol. The van der Waals surface area contributed by atoms with Gasteiger partial charge in [-0.25, -0.2) is 4.79 Å². The zero-order valence-electron chi connectivity index (χ0n) is 14.0. The Bertz CT molecular complexity index is 811. The average molecular weight is 337 g/mol. The fourth-order valence-corrected chi connectivity index (χ4v) is 2.63. The number of anilines is 1. The van der Waals surface area contributed by atoms with Crippen LogP contribution in [0.3, 0.4) is 0 Å². The van der Waals surface area contributed by atoms with Gasteiger partial charge in [-0.1, -0.05) is 38.1 Å². The fourth-order valence-electron chi connectivity index (χ4n) is 2.63. The van der Waals surface area contributed by atoms with Gasteiger partial charge >= 0.3 is 6.03 Å².